The molecule has 1 aromatic carbocycles. The predicted molar refractivity (Wildman–Crippen MR) is 57.3 cm³/mol. The first-order valence-electron chi connectivity index (χ1n) is 4.49. The second kappa shape index (κ2) is 4.13. The van der Waals surface area contributed by atoms with Gasteiger partial charge in [-0.15, -0.1) is 0 Å². The fraction of sp³-hybridized carbons (Fsp3) is 0.400. The van der Waals surface area contributed by atoms with Crippen LogP contribution in [-0.2, 0) is 6.42 Å². The maximum atomic E-state index is 3.44. The number of nitrogens with zero attached hydrogens (tertiary/aromatic N) is 1. The highest BCUT2D eigenvalue weighted by atomic mass is 32.2. The molecule has 0 saturated carbocycles. The Balaban J connectivity index is 1.98. The third kappa shape index (κ3) is 2.24. The minimum atomic E-state index is 0.493. The Morgan fingerprint density at radius 1 is 1.46 bits per heavy atom. The maximum absolute atomic E-state index is 3.44. The highest BCUT2D eigenvalue weighted by Gasteiger charge is 2.20. The lowest BCUT2D eigenvalue weighted by molar-refractivity contribution is 0.382. The van der Waals surface area contributed by atoms with E-state index in [0.717, 1.165) is 12.3 Å². The van der Waals surface area contributed by atoms with E-state index in [1.807, 2.05) is 11.9 Å². The zero-order valence-electron chi connectivity index (χ0n) is 7.73. The molecule has 1 aliphatic rings. The maximum Gasteiger partial charge on any atom is 0.0740 e. The molecule has 0 aromatic heterocycles. The van der Waals surface area contributed by atoms with Gasteiger partial charge in [0.05, 0.1) is 12.0 Å². The summed E-state index contributed by atoms with van der Waals surface area (Å²) in [6.45, 7) is 0. The van der Waals surface area contributed by atoms with Crippen molar-refractivity contribution in [2.45, 2.75) is 12.6 Å². The Hall–Kier alpha value is -0.510. The summed E-state index contributed by atoms with van der Waals surface area (Å²) in [4.78, 5) is 0. The lowest BCUT2D eigenvalue weighted by Gasteiger charge is -2.17. The van der Waals surface area contributed by atoms with E-state index in [1.165, 1.54) is 5.56 Å². The van der Waals surface area contributed by atoms with Gasteiger partial charge in [-0.3, -0.25) is 5.32 Å². The van der Waals surface area contributed by atoms with Crippen molar-refractivity contribution in [1.29, 1.82) is 0 Å². The molecule has 0 radical (unpaired) electrons. The zero-order valence-corrected chi connectivity index (χ0v) is 8.55. The van der Waals surface area contributed by atoms with E-state index >= 15 is 0 Å². The Morgan fingerprint density at radius 2 is 2.23 bits per heavy atom. The molecule has 1 unspecified atom stereocenters. The normalized spacial score (nSPS) is 23.6. The van der Waals surface area contributed by atoms with Crippen molar-refractivity contribution in [2.24, 2.45) is 0 Å². The van der Waals surface area contributed by atoms with E-state index in [-0.39, 0.29) is 0 Å². The fourth-order valence-corrected chi connectivity index (χ4v) is 2.29. The number of benzene rings is 1. The molecule has 2 rings (SSSR count). The lowest BCUT2D eigenvalue weighted by atomic mass is 10.1. The molecule has 70 valence electrons. The molecule has 1 atom stereocenters. The fourth-order valence-electron chi connectivity index (χ4n) is 1.49. The Labute approximate surface area is 83.5 Å². The van der Waals surface area contributed by atoms with Crippen LogP contribution in [0.4, 0.5) is 0 Å². The molecule has 1 saturated heterocycles. The first-order valence-corrected chi connectivity index (χ1v) is 5.43. The molecule has 2 nitrogen and oxygen atoms in total. The van der Waals surface area contributed by atoms with Gasteiger partial charge >= 0.3 is 0 Å². The average Bonchev–Trinajstić information content (AvgIpc) is 2.54. The van der Waals surface area contributed by atoms with Crippen LogP contribution in [-0.4, -0.2) is 23.4 Å². The van der Waals surface area contributed by atoms with Gasteiger partial charge < -0.3 is 0 Å². The van der Waals surface area contributed by atoms with Crippen molar-refractivity contribution < 1.29 is 0 Å². The van der Waals surface area contributed by atoms with E-state index in [2.05, 4.69) is 47.0 Å². The number of hydrogen-bond acceptors (Lipinski definition) is 3. The van der Waals surface area contributed by atoms with Crippen LogP contribution >= 0.6 is 11.9 Å². The molecule has 0 amide bonds. The Bertz CT molecular complexity index is 263. The van der Waals surface area contributed by atoms with E-state index in [4.69, 9.17) is 0 Å². The van der Waals surface area contributed by atoms with Crippen molar-refractivity contribution >= 4 is 11.9 Å². The van der Waals surface area contributed by atoms with Crippen LogP contribution in [0.25, 0.3) is 0 Å². The summed E-state index contributed by atoms with van der Waals surface area (Å²) in [5.41, 5.74) is 1.40. The molecular formula is C10H14N2S. The summed E-state index contributed by atoms with van der Waals surface area (Å²) in [7, 11) is 2.14. The van der Waals surface area contributed by atoms with Crippen LogP contribution in [0.5, 0.6) is 0 Å². The van der Waals surface area contributed by atoms with Crippen molar-refractivity contribution in [1.82, 2.24) is 9.62 Å². The van der Waals surface area contributed by atoms with Crippen LogP contribution < -0.4 is 5.32 Å². The van der Waals surface area contributed by atoms with Crippen LogP contribution in [0.1, 0.15) is 5.56 Å². The molecule has 1 aliphatic heterocycles. The number of likely N-dealkylation sites (N-methyl/N-ethyl adjacent to an activating group) is 1. The van der Waals surface area contributed by atoms with E-state index in [9.17, 15) is 0 Å². The topological polar surface area (TPSA) is 15.3 Å². The van der Waals surface area contributed by atoms with Crippen LogP contribution in [0.3, 0.4) is 0 Å². The van der Waals surface area contributed by atoms with Crippen LogP contribution in [0.2, 0.25) is 0 Å². The van der Waals surface area contributed by atoms with Gasteiger partial charge in [0.15, 0.2) is 0 Å². The van der Waals surface area contributed by atoms with Crippen molar-refractivity contribution in [3.05, 3.63) is 35.9 Å². The first-order chi connectivity index (χ1) is 6.36. The summed E-state index contributed by atoms with van der Waals surface area (Å²) in [6, 6.07) is 10.6. The molecule has 3 heteroatoms. The summed E-state index contributed by atoms with van der Waals surface area (Å²) < 4.78 is 2.28. The number of nitrogens with one attached hydrogen (secondary N) is 1. The molecule has 1 aromatic rings. The summed E-state index contributed by atoms with van der Waals surface area (Å²) >= 11 is 1.85. The monoisotopic (exact) mass is 194 g/mol. The van der Waals surface area contributed by atoms with Gasteiger partial charge in [-0.05, 0) is 12.6 Å². The summed E-state index contributed by atoms with van der Waals surface area (Å²) in [6.07, 6.45) is 1.58. The van der Waals surface area contributed by atoms with E-state index < -0.39 is 0 Å². The SMILES string of the molecule is CN1SCNC1Cc1ccccc1. The third-order valence-electron chi connectivity index (χ3n) is 2.30. The molecule has 13 heavy (non-hydrogen) atoms. The number of hydrogen-bond donors (Lipinski definition) is 1. The van der Waals surface area contributed by atoms with Gasteiger partial charge in [0, 0.05) is 6.42 Å². The highest BCUT2D eigenvalue weighted by Crippen LogP contribution is 2.18. The second-order valence-electron chi connectivity index (χ2n) is 3.23. The molecule has 0 aliphatic carbocycles. The van der Waals surface area contributed by atoms with Gasteiger partial charge in [0.1, 0.15) is 0 Å². The quantitative estimate of drug-likeness (QED) is 0.721. The van der Waals surface area contributed by atoms with Crippen LogP contribution in [0.15, 0.2) is 30.3 Å². The molecule has 1 heterocycles. The minimum absolute atomic E-state index is 0.493. The summed E-state index contributed by atoms with van der Waals surface area (Å²) in [5, 5.41) is 3.44. The predicted octanol–water partition coefficient (Wildman–Crippen LogP) is 1.70. The zero-order chi connectivity index (χ0) is 9.10. The van der Waals surface area contributed by atoms with E-state index in [1.54, 1.807) is 0 Å². The second-order valence-corrected chi connectivity index (χ2v) is 4.35. The average molecular weight is 194 g/mol. The van der Waals surface area contributed by atoms with Crippen molar-refractivity contribution in [3.63, 3.8) is 0 Å². The Morgan fingerprint density at radius 3 is 2.85 bits per heavy atom. The lowest BCUT2D eigenvalue weighted by Crippen LogP contribution is -2.33. The van der Waals surface area contributed by atoms with Gasteiger partial charge in [-0.25, -0.2) is 4.31 Å². The molecule has 1 N–H and O–H groups in total. The largest absolute Gasteiger partial charge is 0.290 e. The van der Waals surface area contributed by atoms with E-state index in [0.29, 0.717) is 6.17 Å². The third-order valence-corrected chi connectivity index (χ3v) is 3.26. The van der Waals surface area contributed by atoms with Crippen molar-refractivity contribution in [2.75, 3.05) is 12.9 Å². The first kappa shape index (κ1) is 9.06. The van der Waals surface area contributed by atoms with Gasteiger partial charge in [-0.1, -0.05) is 42.3 Å². The van der Waals surface area contributed by atoms with Gasteiger partial charge in [-0.2, -0.15) is 0 Å². The molecule has 0 spiro atoms. The molecule has 0 bridgehead atoms. The standard InChI is InChI=1S/C10H14N2S/c1-12-10(11-8-13-12)7-9-5-3-2-4-6-9/h2-6,10-11H,7-8H2,1H3. The molecule has 1 fully saturated rings. The van der Waals surface area contributed by atoms with Crippen LogP contribution in [0, 0.1) is 0 Å². The molecular weight excluding hydrogens is 180 g/mol. The highest BCUT2D eigenvalue weighted by molar-refractivity contribution is 7.97. The van der Waals surface area contributed by atoms with Gasteiger partial charge in [0.2, 0.25) is 0 Å². The number of rotatable bonds is 2. The smallest absolute Gasteiger partial charge is 0.0740 e. The minimum Gasteiger partial charge on any atom is -0.290 e. The van der Waals surface area contributed by atoms with Crippen molar-refractivity contribution in [3.8, 4) is 0 Å². The Kier molecular flexibility index (Phi) is 2.88. The summed E-state index contributed by atoms with van der Waals surface area (Å²) in [5.74, 6) is 1.04. The van der Waals surface area contributed by atoms with Gasteiger partial charge in [0.25, 0.3) is 0 Å².